The van der Waals surface area contributed by atoms with E-state index in [0.29, 0.717) is 22.0 Å². The number of aryl methyl sites for hydroxylation is 1. The Bertz CT molecular complexity index is 795. The van der Waals surface area contributed by atoms with Gasteiger partial charge < -0.3 is 10.6 Å². The third kappa shape index (κ3) is 3.22. The van der Waals surface area contributed by atoms with Gasteiger partial charge in [-0.25, -0.2) is 0 Å². The van der Waals surface area contributed by atoms with Crippen LogP contribution in [0.3, 0.4) is 0 Å². The van der Waals surface area contributed by atoms with Crippen LogP contribution >= 0.6 is 11.3 Å². The lowest BCUT2D eigenvalue weighted by Crippen LogP contribution is -2.22. The van der Waals surface area contributed by atoms with Crippen LogP contribution in [0.5, 0.6) is 0 Å². The zero-order chi connectivity index (χ0) is 17.3. The van der Waals surface area contributed by atoms with Crippen LogP contribution in [0.25, 0.3) is 0 Å². The molecule has 0 fully saturated rings. The van der Waals surface area contributed by atoms with Crippen LogP contribution in [-0.4, -0.2) is 18.9 Å². The number of anilines is 1. The highest BCUT2D eigenvalue weighted by Gasteiger charge is 2.28. The van der Waals surface area contributed by atoms with Crippen molar-refractivity contribution in [3.63, 3.8) is 0 Å². The molecule has 1 aliphatic rings. The van der Waals surface area contributed by atoms with Gasteiger partial charge in [0, 0.05) is 17.5 Å². The fourth-order valence-corrected chi connectivity index (χ4v) is 4.57. The average Bonchev–Trinajstić information content (AvgIpc) is 2.90. The second-order valence-electron chi connectivity index (χ2n) is 6.46. The molecule has 1 aromatic heterocycles. The van der Waals surface area contributed by atoms with Gasteiger partial charge in [0.2, 0.25) is 0 Å². The summed E-state index contributed by atoms with van der Waals surface area (Å²) in [5.41, 5.74) is 3.40. The van der Waals surface area contributed by atoms with Crippen LogP contribution in [-0.2, 0) is 12.8 Å². The molecule has 2 aromatic rings. The van der Waals surface area contributed by atoms with E-state index in [0.717, 1.165) is 30.4 Å². The van der Waals surface area contributed by atoms with E-state index in [-0.39, 0.29) is 11.8 Å². The fourth-order valence-electron chi connectivity index (χ4n) is 3.17. The Morgan fingerprint density at radius 1 is 1.25 bits per heavy atom. The van der Waals surface area contributed by atoms with Crippen molar-refractivity contribution in [1.82, 2.24) is 5.32 Å². The van der Waals surface area contributed by atoms with Crippen LogP contribution in [0.2, 0.25) is 0 Å². The zero-order valence-corrected chi connectivity index (χ0v) is 15.0. The number of amides is 2. The first-order valence-electron chi connectivity index (χ1n) is 8.24. The Morgan fingerprint density at radius 3 is 2.75 bits per heavy atom. The van der Waals surface area contributed by atoms with E-state index in [1.54, 1.807) is 24.5 Å². The number of benzene rings is 1. The molecule has 24 heavy (non-hydrogen) atoms. The maximum atomic E-state index is 12.6. The lowest BCUT2D eigenvalue weighted by molar-refractivity contribution is 0.0963. The SMILES string of the molecule is CNC(=O)c1c(NC(=O)c2cccc(C)c2)sc2c1CCC(C)C2. The lowest BCUT2D eigenvalue weighted by atomic mass is 9.88. The molecule has 1 aliphatic carbocycles. The number of fused-ring (bicyclic) bond motifs is 1. The Labute approximate surface area is 146 Å². The van der Waals surface area contributed by atoms with Crippen LogP contribution < -0.4 is 10.6 Å². The van der Waals surface area contributed by atoms with Gasteiger partial charge in [-0.2, -0.15) is 0 Å². The molecule has 1 heterocycles. The van der Waals surface area contributed by atoms with E-state index in [2.05, 4.69) is 17.6 Å². The van der Waals surface area contributed by atoms with Gasteiger partial charge >= 0.3 is 0 Å². The van der Waals surface area contributed by atoms with Gasteiger partial charge in [-0.1, -0.05) is 24.6 Å². The molecule has 4 nitrogen and oxygen atoms in total. The van der Waals surface area contributed by atoms with Crippen LogP contribution in [0.15, 0.2) is 24.3 Å². The number of carbonyl (C=O) groups excluding carboxylic acids is 2. The number of hydrogen-bond acceptors (Lipinski definition) is 3. The number of carbonyl (C=O) groups is 2. The van der Waals surface area contributed by atoms with E-state index >= 15 is 0 Å². The Kier molecular flexibility index (Phi) is 4.71. The van der Waals surface area contributed by atoms with Crippen LogP contribution in [0.1, 0.15) is 50.1 Å². The highest BCUT2D eigenvalue weighted by Crippen LogP contribution is 2.39. The van der Waals surface area contributed by atoms with E-state index in [9.17, 15) is 9.59 Å². The molecule has 5 heteroatoms. The first-order chi connectivity index (χ1) is 11.5. The van der Waals surface area contributed by atoms with E-state index in [1.807, 2.05) is 25.1 Å². The van der Waals surface area contributed by atoms with Gasteiger partial charge in [-0.15, -0.1) is 11.3 Å². The number of hydrogen-bond donors (Lipinski definition) is 2. The van der Waals surface area contributed by atoms with Crippen LogP contribution in [0, 0.1) is 12.8 Å². The third-order valence-electron chi connectivity index (χ3n) is 4.47. The molecule has 2 amide bonds. The maximum absolute atomic E-state index is 12.6. The van der Waals surface area contributed by atoms with Gasteiger partial charge in [0.25, 0.3) is 11.8 Å². The highest BCUT2D eigenvalue weighted by molar-refractivity contribution is 7.17. The fraction of sp³-hybridized carbons (Fsp3) is 0.368. The number of thiophene rings is 1. The first kappa shape index (κ1) is 16.7. The predicted molar refractivity (Wildman–Crippen MR) is 98.0 cm³/mol. The van der Waals surface area contributed by atoms with E-state index in [1.165, 1.54) is 4.88 Å². The van der Waals surface area contributed by atoms with Crippen molar-refractivity contribution < 1.29 is 9.59 Å². The monoisotopic (exact) mass is 342 g/mol. The zero-order valence-electron chi connectivity index (χ0n) is 14.2. The first-order valence-corrected chi connectivity index (χ1v) is 9.06. The molecular weight excluding hydrogens is 320 g/mol. The van der Waals surface area contributed by atoms with Crippen molar-refractivity contribution in [1.29, 1.82) is 0 Å². The minimum absolute atomic E-state index is 0.124. The predicted octanol–water partition coefficient (Wildman–Crippen LogP) is 3.79. The van der Waals surface area contributed by atoms with Crippen molar-refractivity contribution in [2.75, 3.05) is 12.4 Å². The smallest absolute Gasteiger partial charge is 0.256 e. The minimum Gasteiger partial charge on any atom is -0.355 e. The molecule has 2 N–H and O–H groups in total. The molecular formula is C19H22N2O2S. The van der Waals surface area contributed by atoms with Crippen molar-refractivity contribution in [3.05, 3.63) is 51.4 Å². The average molecular weight is 342 g/mol. The summed E-state index contributed by atoms with van der Waals surface area (Å²) in [6, 6.07) is 7.46. The van der Waals surface area contributed by atoms with Gasteiger partial charge in [-0.3, -0.25) is 9.59 Å². The molecule has 0 aliphatic heterocycles. The van der Waals surface area contributed by atoms with Gasteiger partial charge in [-0.05, 0) is 49.8 Å². The highest BCUT2D eigenvalue weighted by atomic mass is 32.1. The summed E-state index contributed by atoms with van der Waals surface area (Å²) in [4.78, 5) is 26.2. The normalized spacial score (nSPS) is 16.4. The Morgan fingerprint density at radius 2 is 2.04 bits per heavy atom. The largest absolute Gasteiger partial charge is 0.355 e. The van der Waals surface area contributed by atoms with Crippen molar-refractivity contribution >= 4 is 28.2 Å². The summed E-state index contributed by atoms with van der Waals surface area (Å²) in [5, 5.41) is 6.33. The van der Waals surface area contributed by atoms with Crippen molar-refractivity contribution in [2.24, 2.45) is 5.92 Å². The van der Waals surface area contributed by atoms with Gasteiger partial charge in [0.1, 0.15) is 5.00 Å². The molecule has 0 spiro atoms. The second kappa shape index (κ2) is 6.77. The van der Waals surface area contributed by atoms with Crippen molar-refractivity contribution in [3.8, 4) is 0 Å². The standard InChI is InChI=1S/C19H22N2O2S/c1-11-5-4-6-13(9-11)17(22)21-19-16(18(23)20-3)14-8-7-12(2)10-15(14)24-19/h4-6,9,12H,7-8,10H2,1-3H3,(H,20,23)(H,21,22). The summed E-state index contributed by atoms with van der Waals surface area (Å²) in [5.74, 6) is 0.325. The molecule has 1 atom stereocenters. The molecule has 1 unspecified atom stereocenters. The topological polar surface area (TPSA) is 58.2 Å². The summed E-state index contributed by atoms with van der Waals surface area (Å²) in [6.07, 6.45) is 2.96. The van der Waals surface area contributed by atoms with E-state index < -0.39 is 0 Å². The summed E-state index contributed by atoms with van der Waals surface area (Å²) in [7, 11) is 1.63. The molecule has 126 valence electrons. The lowest BCUT2D eigenvalue weighted by Gasteiger charge is -2.18. The number of nitrogens with one attached hydrogen (secondary N) is 2. The van der Waals surface area contributed by atoms with Crippen molar-refractivity contribution in [2.45, 2.75) is 33.1 Å². The summed E-state index contributed by atoms with van der Waals surface area (Å²) < 4.78 is 0. The molecule has 0 radical (unpaired) electrons. The molecule has 3 rings (SSSR count). The molecule has 0 saturated carbocycles. The third-order valence-corrected chi connectivity index (χ3v) is 5.64. The van der Waals surface area contributed by atoms with Gasteiger partial charge in [0.05, 0.1) is 5.56 Å². The molecule has 0 bridgehead atoms. The van der Waals surface area contributed by atoms with Crippen LogP contribution in [0.4, 0.5) is 5.00 Å². The maximum Gasteiger partial charge on any atom is 0.256 e. The summed E-state index contributed by atoms with van der Waals surface area (Å²) in [6.45, 7) is 4.19. The number of rotatable bonds is 3. The quantitative estimate of drug-likeness (QED) is 0.891. The Hall–Kier alpha value is -2.14. The van der Waals surface area contributed by atoms with Gasteiger partial charge in [0.15, 0.2) is 0 Å². The van der Waals surface area contributed by atoms with E-state index in [4.69, 9.17) is 0 Å². The molecule has 1 aromatic carbocycles. The molecule has 0 saturated heterocycles. The minimum atomic E-state index is -0.171. The summed E-state index contributed by atoms with van der Waals surface area (Å²) >= 11 is 1.54. The second-order valence-corrected chi connectivity index (χ2v) is 7.56. The Balaban J connectivity index is 1.95.